The van der Waals surface area contributed by atoms with E-state index in [1.54, 1.807) is 7.11 Å². The predicted octanol–water partition coefficient (Wildman–Crippen LogP) is 2.42. The molecule has 0 amide bonds. The molecule has 5 nitrogen and oxygen atoms in total. The number of ether oxygens (including phenoxy) is 1. The fourth-order valence-electron chi connectivity index (χ4n) is 2.75. The van der Waals surface area contributed by atoms with E-state index in [9.17, 15) is 0 Å². The second kappa shape index (κ2) is 6.50. The highest BCUT2D eigenvalue weighted by Crippen LogP contribution is 2.30. The summed E-state index contributed by atoms with van der Waals surface area (Å²) < 4.78 is 5.29. The standard InChI is InChI=1S/C15H23N3O2/c1-3-11-6-8-18(9-7-11)14-10-12(20-2)4-5-13(14)15(16)17-19/h4-5,10-11,19H,3,6-9H2,1-2H3,(H2,16,17). The third-order valence-corrected chi connectivity index (χ3v) is 4.12. The number of oxime groups is 1. The molecule has 1 aliphatic rings. The monoisotopic (exact) mass is 277 g/mol. The van der Waals surface area contributed by atoms with Gasteiger partial charge in [0, 0.05) is 24.7 Å². The molecule has 0 spiro atoms. The third kappa shape index (κ3) is 2.98. The number of piperidine rings is 1. The van der Waals surface area contributed by atoms with Crippen molar-refractivity contribution >= 4 is 11.5 Å². The first-order valence-electron chi connectivity index (χ1n) is 7.10. The lowest BCUT2D eigenvalue weighted by Crippen LogP contribution is -2.35. The van der Waals surface area contributed by atoms with Gasteiger partial charge in [-0.25, -0.2) is 0 Å². The summed E-state index contributed by atoms with van der Waals surface area (Å²) in [6, 6.07) is 5.63. The molecular formula is C15H23N3O2. The molecule has 20 heavy (non-hydrogen) atoms. The molecule has 0 bridgehead atoms. The van der Waals surface area contributed by atoms with Crippen LogP contribution in [0.1, 0.15) is 31.7 Å². The average molecular weight is 277 g/mol. The van der Waals surface area contributed by atoms with Crippen LogP contribution in [0.4, 0.5) is 5.69 Å². The molecule has 110 valence electrons. The van der Waals surface area contributed by atoms with Crippen molar-refractivity contribution in [2.75, 3.05) is 25.1 Å². The number of benzene rings is 1. The molecule has 0 radical (unpaired) electrons. The summed E-state index contributed by atoms with van der Waals surface area (Å²) in [5.74, 6) is 1.73. The van der Waals surface area contributed by atoms with Gasteiger partial charge >= 0.3 is 0 Å². The molecule has 5 heteroatoms. The van der Waals surface area contributed by atoms with Crippen LogP contribution in [0.15, 0.2) is 23.4 Å². The van der Waals surface area contributed by atoms with E-state index < -0.39 is 0 Å². The molecule has 2 rings (SSSR count). The molecule has 1 heterocycles. The van der Waals surface area contributed by atoms with Gasteiger partial charge in [0.25, 0.3) is 0 Å². The van der Waals surface area contributed by atoms with Gasteiger partial charge in [-0.3, -0.25) is 0 Å². The SMILES string of the molecule is CCC1CCN(c2cc(OC)ccc2/C(N)=N/O)CC1. The Bertz CT molecular complexity index is 480. The van der Waals surface area contributed by atoms with Gasteiger partial charge in [0.05, 0.1) is 12.8 Å². The number of nitrogens with zero attached hydrogens (tertiary/aromatic N) is 2. The van der Waals surface area contributed by atoms with Gasteiger partial charge in [-0.15, -0.1) is 0 Å². The number of nitrogens with two attached hydrogens (primary N) is 1. The maximum Gasteiger partial charge on any atom is 0.172 e. The van der Waals surface area contributed by atoms with Gasteiger partial charge in [0.1, 0.15) is 5.75 Å². The van der Waals surface area contributed by atoms with Gasteiger partial charge in [-0.1, -0.05) is 18.5 Å². The van der Waals surface area contributed by atoms with Crippen LogP contribution >= 0.6 is 0 Å². The highest BCUT2D eigenvalue weighted by Gasteiger charge is 2.21. The largest absolute Gasteiger partial charge is 0.497 e. The molecule has 1 aromatic rings. The van der Waals surface area contributed by atoms with Crippen molar-refractivity contribution in [3.05, 3.63) is 23.8 Å². The zero-order valence-corrected chi connectivity index (χ0v) is 12.2. The van der Waals surface area contributed by atoms with Gasteiger partial charge in [0.2, 0.25) is 0 Å². The Labute approximate surface area is 120 Å². The maximum absolute atomic E-state index is 8.93. The van der Waals surface area contributed by atoms with Crippen molar-refractivity contribution in [3.8, 4) is 5.75 Å². The van der Waals surface area contributed by atoms with Crippen molar-refractivity contribution in [1.82, 2.24) is 0 Å². The normalized spacial score (nSPS) is 17.3. The van der Waals surface area contributed by atoms with Crippen LogP contribution in [-0.2, 0) is 0 Å². The lowest BCUT2D eigenvalue weighted by molar-refractivity contribution is 0.318. The van der Waals surface area contributed by atoms with Crippen LogP contribution in [0.2, 0.25) is 0 Å². The van der Waals surface area contributed by atoms with Crippen LogP contribution in [-0.4, -0.2) is 31.2 Å². The number of amidine groups is 1. The molecule has 0 saturated carbocycles. The molecule has 0 aromatic heterocycles. The first-order valence-corrected chi connectivity index (χ1v) is 7.10. The Kier molecular flexibility index (Phi) is 4.71. The summed E-state index contributed by atoms with van der Waals surface area (Å²) in [6.07, 6.45) is 3.60. The lowest BCUT2D eigenvalue weighted by Gasteiger charge is -2.34. The minimum atomic E-state index is 0.139. The van der Waals surface area contributed by atoms with E-state index >= 15 is 0 Å². The fraction of sp³-hybridized carbons (Fsp3) is 0.533. The van der Waals surface area contributed by atoms with Crippen molar-refractivity contribution in [3.63, 3.8) is 0 Å². The highest BCUT2D eigenvalue weighted by molar-refractivity contribution is 6.02. The van der Waals surface area contributed by atoms with Gasteiger partial charge in [-0.05, 0) is 30.9 Å². The Hall–Kier alpha value is -1.91. The molecule has 1 saturated heterocycles. The molecule has 3 N–H and O–H groups in total. The Morgan fingerprint density at radius 1 is 1.45 bits per heavy atom. The molecule has 1 aromatic carbocycles. The Morgan fingerprint density at radius 3 is 2.70 bits per heavy atom. The molecule has 0 aliphatic carbocycles. The van der Waals surface area contributed by atoms with Crippen LogP contribution in [0.25, 0.3) is 0 Å². The second-order valence-electron chi connectivity index (χ2n) is 5.21. The van der Waals surface area contributed by atoms with Crippen molar-refractivity contribution in [1.29, 1.82) is 0 Å². The lowest BCUT2D eigenvalue weighted by atomic mass is 9.93. The number of anilines is 1. The van der Waals surface area contributed by atoms with Crippen LogP contribution in [0.3, 0.4) is 0 Å². The second-order valence-corrected chi connectivity index (χ2v) is 5.21. The summed E-state index contributed by atoms with van der Waals surface area (Å²) in [7, 11) is 1.64. The maximum atomic E-state index is 8.93. The number of hydrogen-bond donors (Lipinski definition) is 2. The average Bonchev–Trinajstić information content (AvgIpc) is 2.53. The molecule has 1 fully saturated rings. The quantitative estimate of drug-likeness (QED) is 0.384. The van der Waals surface area contributed by atoms with Crippen molar-refractivity contribution < 1.29 is 9.94 Å². The summed E-state index contributed by atoms with van der Waals surface area (Å²) >= 11 is 0. The number of hydrogen-bond acceptors (Lipinski definition) is 4. The first kappa shape index (κ1) is 14.5. The number of rotatable bonds is 4. The molecule has 1 aliphatic heterocycles. The van der Waals surface area contributed by atoms with Crippen molar-refractivity contribution in [2.45, 2.75) is 26.2 Å². The summed E-state index contributed by atoms with van der Waals surface area (Å²) in [4.78, 5) is 2.29. The third-order valence-electron chi connectivity index (χ3n) is 4.12. The zero-order valence-electron chi connectivity index (χ0n) is 12.2. The predicted molar refractivity (Wildman–Crippen MR) is 80.7 cm³/mol. The van der Waals surface area contributed by atoms with E-state index in [-0.39, 0.29) is 5.84 Å². The van der Waals surface area contributed by atoms with E-state index in [1.807, 2.05) is 18.2 Å². The van der Waals surface area contributed by atoms with Crippen LogP contribution in [0.5, 0.6) is 5.75 Å². The van der Waals surface area contributed by atoms with Gasteiger partial charge in [0.15, 0.2) is 5.84 Å². The zero-order chi connectivity index (χ0) is 14.5. The minimum Gasteiger partial charge on any atom is -0.497 e. The Morgan fingerprint density at radius 2 is 2.15 bits per heavy atom. The topological polar surface area (TPSA) is 71.1 Å². The molecule has 0 unspecified atom stereocenters. The molecule has 0 atom stereocenters. The van der Waals surface area contributed by atoms with Crippen LogP contribution < -0.4 is 15.4 Å². The Balaban J connectivity index is 2.29. The fourth-order valence-corrected chi connectivity index (χ4v) is 2.75. The number of methoxy groups -OCH3 is 1. The summed E-state index contributed by atoms with van der Waals surface area (Å²) in [5, 5.41) is 12.1. The first-order chi connectivity index (χ1) is 9.69. The molecular weight excluding hydrogens is 254 g/mol. The summed E-state index contributed by atoms with van der Waals surface area (Å²) in [5.41, 5.74) is 7.51. The van der Waals surface area contributed by atoms with E-state index in [1.165, 1.54) is 19.3 Å². The van der Waals surface area contributed by atoms with Crippen LogP contribution in [0, 0.1) is 5.92 Å². The smallest absolute Gasteiger partial charge is 0.172 e. The summed E-state index contributed by atoms with van der Waals surface area (Å²) in [6.45, 7) is 4.24. The van der Waals surface area contributed by atoms with E-state index in [2.05, 4.69) is 17.0 Å². The van der Waals surface area contributed by atoms with Gasteiger partial charge in [-0.2, -0.15) is 0 Å². The van der Waals surface area contributed by atoms with Gasteiger partial charge < -0.3 is 20.6 Å². The van der Waals surface area contributed by atoms with E-state index in [4.69, 9.17) is 15.7 Å². The van der Waals surface area contributed by atoms with E-state index in [0.717, 1.165) is 36.0 Å². The minimum absolute atomic E-state index is 0.139. The van der Waals surface area contributed by atoms with E-state index in [0.29, 0.717) is 0 Å². The highest BCUT2D eigenvalue weighted by atomic mass is 16.5. The van der Waals surface area contributed by atoms with Crippen molar-refractivity contribution in [2.24, 2.45) is 16.8 Å².